The lowest BCUT2D eigenvalue weighted by molar-refractivity contribution is 0.0697. The number of aromatic carboxylic acids is 1. The number of benzene rings is 4. The summed E-state index contributed by atoms with van der Waals surface area (Å²) in [7, 11) is -4.04. The summed E-state index contributed by atoms with van der Waals surface area (Å²) < 4.78 is 46.2. The van der Waals surface area contributed by atoms with Crippen molar-refractivity contribution in [1.29, 1.82) is 0 Å². The number of rotatable bonds is 6. The summed E-state index contributed by atoms with van der Waals surface area (Å²) in [6, 6.07) is 22.9. The van der Waals surface area contributed by atoms with Crippen LogP contribution in [0.3, 0.4) is 0 Å². The predicted octanol–water partition coefficient (Wildman–Crippen LogP) is 5.95. The van der Waals surface area contributed by atoms with Gasteiger partial charge >= 0.3 is 5.97 Å². The molecule has 5 aromatic rings. The van der Waals surface area contributed by atoms with Crippen molar-refractivity contribution in [2.75, 3.05) is 4.72 Å². The average molecular weight is 516 g/mol. The minimum atomic E-state index is -4.04. The zero-order valence-corrected chi connectivity index (χ0v) is 20.8. The van der Waals surface area contributed by atoms with Crippen molar-refractivity contribution in [2.24, 2.45) is 0 Å². The molecule has 0 aliphatic heterocycles. The average Bonchev–Trinajstić information content (AvgIpc) is 3.19. The van der Waals surface area contributed by atoms with Crippen molar-refractivity contribution in [3.05, 3.63) is 108 Å². The molecule has 0 aliphatic rings. The maximum Gasteiger partial charge on any atom is 0.335 e. The van der Waals surface area contributed by atoms with E-state index in [0.717, 1.165) is 11.8 Å². The quantitative estimate of drug-likeness (QED) is 0.291. The lowest BCUT2D eigenvalue weighted by Crippen LogP contribution is -2.15. The Balaban J connectivity index is 1.61. The number of para-hydroxylation sites is 1. The second kappa shape index (κ2) is 9.18. The minimum absolute atomic E-state index is 0.0494. The van der Waals surface area contributed by atoms with Gasteiger partial charge in [-0.15, -0.1) is 0 Å². The first-order chi connectivity index (χ1) is 17.7. The molecule has 0 saturated carbocycles. The van der Waals surface area contributed by atoms with Gasteiger partial charge in [-0.1, -0.05) is 48.5 Å². The van der Waals surface area contributed by atoms with Crippen molar-refractivity contribution in [2.45, 2.75) is 18.7 Å². The van der Waals surface area contributed by atoms with Gasteiger partial charge in [0.1, 0.15) is 10.7 Å². The molecule has 186 valence electrons. The molecule has 37 heavy (non-hydrogen) atoms. The molecule has 7 nitrogen and oxygen atoms in total. The van der Waals surface area contributed by atoms with Gasteiger partial charge in [0.05, 0.1) is 28.3 Å². The van der Waals surface area contributed by atoms with Crippen LogP contribution in [-0.4, -0.2) is 29.3 Å². The first kappa shape index (κ1) is 24.2. The van der Waals surface area contributed by atoms with Gasteiger partial charge in [0, 0.05) is 10.9 Å². The van der Waals surface area contributed by atoms with E-state index in [0.29, 0.717) is 33.4 Å². The summed E-state index contributed by atoms with van der Waals surface area (Å²) in [6.45, 7) is 3.33. The Morgan fingerprint density at radius 1 is 0.892 bits per heavy atom. The van der Waals surface area contributed by atoms with E-state index < -0.39 is 21.8 Å². The number of hydrogen-bond donors (Lipinski definition) is 2. The molecule has 0 bridgehead atoms. The second-order valence-electron chi connectivity index (χ2n) is 8.56. The van der Waals surface area contributed by atoms with E-state index in [1.54, 1.807) is 54.9 Å². The van der Waals surface area contributed by atoms with Gasteiger partial charge in [-0.25, -0.2) is 22.3 Å². The first-order valence-corrected chi connectivity index (χ1v) is 12.8. The van der Waals surface area contributed by atoms with Crippen molar-refractivity contribution in [3.8, 4) is 16.8 Å². The molecule has 2 N–H and O–H groups in total. The monoisotopic (exact) mass is 515 g/mol. The Morgan fingerprint density at radius 3 is 2.27 bits per heavy atom. The highest BCUT2D eigenvalue weighted by Gasteiger charge is 2.26. The highest BCUT2D eigenvalue weighted by Crippen LogP contribution is 2.36. The van der Waals surface area contributed by atoms with Crippen molar-refractivity contribution >= 4 is 32.5 Å². The SMILES string of the molecule is Cc1nn(-c2ccccc2)c(C)c1S(=O)(=O)Nc1ccc(-c2cc(C(=O)O)ccc2F)c2ccccc12. The van der Waals surface area contributed by atoms with Gasteiger partial charge in [0.25, 0.3) is 10.0 Å². The van der Waals surface area contributed by atoms with Gasteiger partial charge in [-0.2, -0.15) is 5.10 Å². The minimum Gasteiger partial charge on any atom is -0.478 e. The maximum absolute atomic E-state index is 14.8. The predicted molar refractivity (Wildman–Crippen MR) is 140 cm³/mol. The number of nitrogens with zero attached hydrogens (tertiary/aromatic N) is 2. The summed E-state index contributed by atoms with van der Waals surface area (Å²) in [4.78, 5) is 11.5. The van der Waals surface area contributed by atoms with E-state index in [9.17, 15) is 22.7 Å². The molecule has 1 heterocycles. The highest BCUT2D eigenvalue weighted by molar-refractivity contribution is 7.92. The molecule has 9 heteroatoms. The molecule has 1 aromatic heterocycles. The molecule has 0 amide bonds. The Labute approximate surface area is 212 Å². The second-order valence-corrected chi connectivity index (χ2v) is 10.2. The molecule has 0 fully saturated rings. The number of sulfonamides is 1. The fourth-order valence-electron chi connectivity index (χ4n) is 4.52. The molecule has 0 saturated heterocycles. The van der Waals surface area contributed by atoms with Crippen LogP contribution in [0.4, 0.5) is 10.1 Å². The lowest BCUT2D eigenvalue weighted by atomic mass is 9.95. The Morgan fingerprint density at radius 2 is 1.57 bits per heavy atom. The zero-order chi connectivity index (χ0) is 26.3. The Hall–Kier alpha value is -4.50. The summed E-state index contributed by atoms with van der Waals surface area (Å²) in [5, 5.41) is 14.9. The van der Waals surface area contributed by atoms with E-state index in [2.05, 4.69) is 9.82 Å². The van der Waals surface area contributed by atoms with Gasteiger partial charge in [-0.05, 0) is 61.2 Å². The smallest absolute Gasteiger partial charge is 0.335 e. The Kier molecular flexibility index (Phi) is 6.01. The topological polar surface area (TPSA) is 101 Å². The molecule has 0 atom stereocenters. The molecule has 0 radical (unpaired) electrons. The normalized spacial score (nSPS) is 11.5. The number of fused-ring (bicyclic) bond motifs is 1. The molecule has 4 aromatic carbocycles. The number of halogens is 1. The van der Waals surface area contributed by atoms with Gasteiger partial charge in [-0.3, -0.25) is 4.72 Å². The summed E-state index contributed by atoms with van der Waals surface area (Å²) in [5.41, 5.74) is 2.37. The van der Waals surface area contributed by atoms with Crippen LogP contribution in [0.5, 0.6) is 0 Å². The summed E-state index contributed by atoms with van der Waals surface area (Å²) in [6.07, 6.45) is 0. The fourth-order valence-corrected chi connectivity index (χ4v) is 6.00. The molecule has 5 rings (SSSR count). The number of aromatic nitrogens is 2. The number of anilines is 1. The number of carbonyl (C=O) groups is 1. The zero-order valence-electron chi connectivity index (χ0n) is 19.9. The first-order valence-electron chi connectivity index (χ1n) is 11.4. The largest absolute Gasteiger partial charge is 0.478 e. The highest BCUT2D eigenvalue weighted by atomic mass is 32.2. The maximum atomic E-state index is 14.8. The van der Waals surface area contributed by atoms with Crippen molar-refractivity contribution < 1.29 is 22.7 Å². The van der Waals surface area contributed by atoms with E-state index in [1.807, 2.05) is 30.3 Å². The van der Waals surface area contributed by atoms with Crippen LogP contribution in [-0.2, 0) is 10.0 Å². The molecular weight excluding hydrogens is 493 g/mol. The third-order valence-corrected chi connectivity index (χ3v) is 7.78. The van der Waals surface area contributed by atoms with Crippen LogP contribution in [0.15, 0.2) is 89.8 Å². The van der Waals surface area contributed by atoms with Crippen molar-refractivity contribution in [3.63, 3.8) is 0 Å². The van der Waals surface area contributed by atoms with Crippen LogP contribution >= 0.6 is 0 Å². The molecule has 0 unspecified atom stereocenters. The van der Waals surface area contributed by atoms with Gasteiger partial charge in [0.15, 0.2) is 0 Å². The van der Waals surface area contributed by atoms with Gasteiger partial charge < -0.3 is 5.11 Å². The van der Waals surface area contributed by atoms with Gasteiger partial charge in [0.2, 0.25) is 0 Å². The van der Waals surface area contributed by atoms with E-state index in [1.165, 1.54) is 12.1 Å². The van der Waals surface area contributed by atoms with E-state index in [4.69, 9.17) is 0 Å². The molecule has 0 aliphatic carbocycles. The summed E-state index contributed by atoms with van der Waals surface area (Å²) >= 11 is 0. The van der Waals surface area contributed by atoms with Crippen LogP contribution in [0.25, 0.3) is 27.6 Å². The Bertz CT molecular complexity index is 1780. The van der Waals surface area contributed by atoms with E-state index >= 15 is 0 Å². The molecular formula is C28H22FN3O4S. The van der Waals surface area contributed by atoms with Crippen LogP contribution in [0.2, 0.25) is 0 Å². The number of aryl methyl sites for hydroxylation is 1. The third-order valence-electron chi connectivity index (χ3n) is 6.17. The fraction of sp³-hybridized carbons (Fsp3) is 0.0714. The van der Waals surface area contributed by atoms with Crippen molar-refractivity contribution in [1.82, 2.24) is 9.78 Å². The number of carboxylic acid groups (broad SMARTS) is 1. The number of carboxylic acids is 1. The van der Waals surface area contributed by atoms with E-state index in [-0.39, 0.29) is 16.0 Å². The number of nitrogens with one attached hydrogen (secondary N) is 1. The third kappa shape index (κ3) is 4.34. The molecule has 0 spiro atoms. The van der Waals surface area contributed by atoms with Crippen LogP contribution < -0.4 is 4.72 Å². The lowest BCUT2D eigenvalue weighted by Gasteiger charge is -2.15. The standard InChI is InChI=1S/C28H22FN3O4S/c1-17-27(18(2)32(30-17)20-8-4-3-5-9-20)37(35,36)31-26-15-13-22(21-10-6-7-11-23(21)26)24-16-19(28(33)34)12-14-25(24)29/h3-16,31H,1-2H3,(H,33,34). The summed E-state index contributed by atoms with van der Waals surface area (Å²) in [5.74, 6) is -1.75. The van der Waals surface area contributed by atoms with Crippen LogP contribution in [0.1, 0.15) is 21.7 Å². The van der Waals surface area contributed by atoms with Crippen LogP contribution in [0, 0.1) is 19.7 Å². The number of hydrogen-bond acceptors (Lipinski definition) is 4.